The highest BCUT2D eigenvalue weighted by Crippen LogP contribution is 2.00. The molecule has 1 amide bonds. The molecular formula is C8H19N3O2. The topological polar surface area (TPSA) is 92.6 Å². The van der Waals surface area contributed by atoms with Gasteiger partial charge >= 0.3 is 0 Å². The Kier molecular flexibility index (Phi) is 5.61. The Labute approximate surface area is 78.7 Å². The van der Waals surface area contributed by atoms with Crippen LogP contribution < -0.4 is 11.5 Å². The van der Waals surface area contributed by atoms with Gasteiger partial charge in [0, 0.05) is 7.05 Å². The first-order chi connectivity index (χ1) is 6.04. The minimum absolute atomic E-state index is 0.310. The molecule has 0 saturated carbocycles. The van der Waals surface area contributed by atoms with Gasteiger partial charge in [0.2, 0.25) is 5.91 Å². The molecule has 0 aliphatic heterocycles. The third-order valence-electron chi connectivity index (χ3n) is 1.94. The zero-order chi connectivity index (χ0) is 10.4. The normalized spacial score (nSPS) is 15.2. The van der Waals surface area contributed by atoms with Crippen LogP contribution in [0.25, 0.3) is 0 Å². The summed E-state index contributed by atoms with van der Waals surface area (Å²) in [4.78, 5) is 12.7. The third-order valence-corrected chi connectivity index (χ3v) is 1.94. The summed E-state index contributed by atoms with van der Waals surface area (Å²) in [6.07, 6.45) is 1.34. The molecule has 0 rings (SSSR count). The number of carbonyl (C=O) groups is 1. The minimum Gasteiger partial charge on any atom is -0.394 e. The van der Waals surface area contributed by atoms with E-state index < -0.39 is 6.04 Å². The van der Waals surface area contributed by atoms with Crippen LogP contribution in [0.15, 0.2) is 0 Å². The van der Waals surface area contributed by atoms with Crippen molar-refractivity contribution in [3.63, 3.8) is 0 Å². The minimum atomic E-state index is -0.854. The molecule has 0 saturated heterocycles. The van der Waals surface area contributed by atoms with Crippen molar-refractivity contribution in [1.82, 2.24) is 4.90 Å². The van der Waals surface area contributed by atoms with Crippen LogP contribution in [0.1, 0.15) is 19.8 Å². The van der Waals surface area contributed by atoms with Crippen molar-refractivity contribution in [3.8, 4) is 0 Å². The Morgan fingerprint density at radius 2 is 2.08 bits per heavy atom. The number of nitrogens with zero attached hydrogens (tertiary/aromatic N) is 1. The van der Waals surface area contributed by atoms with Crippen LogP contribution in [0.4, 0.5) is 0 Å². The molecule has 0 aliphatic carbocycles. The molecule has 0 fully saturated rings. The van der Waals surface area contributed by atoms with E-state index in [9.17, 15) is 4.79 Å². The zero-order valence-corrected chi connectivity index (χ0v) is 8.23. The summed E-state index contributed by atoms with van der Waals surface area (Å²) < 4.78 is 0. The van der Waals surface area contributed by atoms with Gasteiger partial charge in [0.15, 0.2) is 0 Å². The molecule has 0 aromatic carbocycles. The number of rotatable bonds is 5. The van der Waals surface area contributed by atoms with Gasteiger partial charge in [-0.15, -0.1) is 0 Å². The Morgan fingerprint density at radius 3 is 2.46 bits per heavy atom. The van der Waals surface area contributed by atoms with Gasteiger partial charge in [-0.1, -0.05) is 13.3 Å². The lowest BCUT2D eigenvalue weighted by atomic mass is 10.2. The predicted molar refractivity (Wildman–Crippen MR) is 50.7 cm³/mol. The second-order valence-electron chi connectivity index (χ2n) is 3.09. The number of hydrogen-bond acceptors (Lipinski definition) is 4. The lowest BCUT2D eigenvalue weighted by Crippen LogP contribution is -2.51. The molecule has 0 spiro atoms. The van der Waals surface area contributed by atoms with E-state index in [0.717, 1.165) is 12.8 Å². The van der Waals surface area contributed by atoms with E-state index in [1.807, 2.05) is 6.92 Å². The van der Waals surface area contributed by atoms with E-state index in [2.05, 4.69) is 0 Å². The molecule has 13 heavy (non-hydrogen) atoms. The maximum Gasteiger partial charge on any atom is 0.242 e. The molecule has 0 radical (unpaired) electrons. The molecule has 5 heteroatoms. The van der Waals surface area contributed by atoms with Crippen molar-refractivity contribution in [2.45, 2.75) is 32.0 Å². The van der Waals surface area contributed by atoms with Gasteiger partial charge in [0.25, 0.3) is 0 Å². The summed E-state index contributed by atoms with van der Waals surface area (Å²) >= 11 is 0. The van der Waals surface area contributed by atoms with Crippen LogP contribution >= 0.6 is 0 Å². The number of hydrogen-bond donors (Lipinski definition) is 3. The van der Waals surface area contributed by atoms with Crippen LogP contribution in [0.5, 0.6) is 0 Å². The van der Waals surface area contributed by atoms with Crippen LogP contribution in [-0.2, 0) is 4.79 Å². The van der Waals surface area contributed by atoms with Gasteiger partial charge in [-0.2, -0.15) is 0 Å². The highest BCUT2D eigenvalue weighted by atomic mass is 16.3. The van der Waals surface area contributed by atoms with Crippen molar-refractivity contribution in [2.24, 2.45) is 11.5 Å². The third kappa shape index (κ3) is 3.71. The fourth-order valence-electron chi connectivity index (χ4n) is 0.993. The Bertz CT molecular complexity index is 163. The molecule has 0 bridgehead atoms. The van der Waals surface area contributed by atoms with Crippen LogP contribution in [-0.4, -0.2) is 41.8 Å². The molecular weight excluding hydrogens is 170 g/mol. The maximum absolute atomic E-state index is 11.4. The monoisotopic (exact) mass is 189 g/mol. The van der Waals surface area contributed by atoms with Crippen molar-refractivity contribution in [3.05, 3.63) is 0 Å². The quantitative estimate of drug-likeness (QED) is 0.476. The van der Waals surface area contributed by atoms with Crippen molar-refractivity contribution in [2.75, 3.05) is 13.7 Å². The summed E-state index contributed by atoms with van der Waals surface area (Å²) in [7, 11) is 1.60. The van der Waals surface area contributed by atoms with E-state index in [-0.39, 0.29) is 18.7 Å². The largest absolute Gasteiger partial charge is 0.394 e. The first-order valence-corrected chi connectivity index (χ1v) is 4.43. The van der Waals surface area contributed by atoms with E-state index in [0.29, 0.717) is 0 Å². The average molecular weight is 189 g/mol. The van der Waals surface area contributed by atoms with Gasteiger partial charge in [0.1, 0.15) is 6.04 Å². The summed E-state index contributed by atoms with van der Waals surface area (Å²) in [5.74, 6) is -0.316. The van der Waals surface area contributed by atoms with Crippen molar-refractivity contribution in [1.29, 1.82) is 0 Å². The van der Waals surface area contributed by atoms with Gasteiger partial charge in [0.05, 0.1) is 12.8 Å². The molecule has 0 aromatic rings. The summed E-state index contributed by atoms with van der Waals surface area (Å²) in [6, 6.07) is -0.854. The summed E-state index contributed by atoms with van der Waals surface area (Å²) in [6.45, 7) is 1.65. The lowest BCUT2D eigenvalue weighted by Gasteiger charge is -2.26. The summed E-state index contributed by atoms with van der Waals surface area (Å²) in [5, 5.41) is 8.65. The average Bonchev–Trinajstić information content (AvgIpc) is 2.14. The number of amides is 1. The SMILES string of the molecule is CCCC(N)N(C)C(=O)C(N)CO. The first kappa shape index (κ1) is 12.3. The molecule has 5 nitrogen and oxygen atoms in total. The molecule has 0 heterocycles. The Balaban J connectivity index is 4.08. The highest BCUT2D eigenvalue weighted by Gasteiger charge is 2.20. The fourth-order valence-corrected chi connectivity index (χ4v) is 0.993. The molecule has 5 N–H and O–H groups in total. The zero-order valence-electron chi connectivity index (χ0n) is 8.23. The van der Waals surface area contributed by atoms with E-state index in [1.54, 1.807) is 7.05 Å². The van der Waals surface area contributed by atoms with Gasteiger partial charge in [-0.05, 0) is 6.42 Å². The van der Waals surface area contributed by atoms with Crippen LogP contribution in [0.2, 0.25) is 0 Å². The molecule has 2 atom stereocenters. The van der Waals surface area contributed by atoms with E-state index >= 15 is 0 Å². The molecule has 78 valence electrons. The number of carbonyl (C=O) groups excluding carboxylic acids is 1. The second kappa shape index (κ2) is 5.90. The van der Waals surface area contributed by atoms with Crippen LogP contribution in [0, 0.1) is 0 Å². The predicted octanol–water partition coefficient (Wildman–Crippen LogP) is -1.15. The number of aliphatic hydroxyl groups is 1. The number of nitrogens with two attached hydrogens (primary N) is 2. The van der Waals surface area contributed by atoms with E-state index in [1.165, 1.54) is 4.90 Å². The fraction of sp³-hybridized carbons (Fsp3) is 0.875. The van der Waals surface area contributed by atoms with Gasteiger partial charge in [-0.3, -0.25) is 4.79 Å². The number of likely N-dealkylation sites (N-methyl/N-ethyl adjacent to an activating group) is 1. The van der Waals surface area contributed by atoms with Crippen molar-refractivity contribution >= 4 is 5.91 Å². The molecule has 0 aromatic heterocycles. The highest BCUT2D eigenvalue weighted by molar-refractivity contribution is 5.81. The Morgan fingerprint density at radius 1 is 1.54 bits per heavy atom. The molecule has 2 unspecified atom stereocenters. The second-order valence-corrected chi connectivity index (χ2v) is 3.09. The first-order valence-electron chi connectivity index (χ1n) is 4.43. The van der Waals surface area contributed by atoms with Crippen LogP contribution in [0.3, 0.4) is 0 Å². The van der Waals surface area contributed by atoms with Crippen molar-refractivity contribution < 1.29 is 9.90 Å². The lowest BCUT2D eigenvalue weighted by molar-refractivity contribution is -0.134. The van der Waals surface area contributed by atoms with E-state index in [4.69, 9.17) is 16.6 Å². The van der Waals surface area contributed by atoms with Gasteiger partial charge in [-0.25, -0.2) is 0 Å². The summed E-state index contributed by atoms with van der Waals surface area (Å²) in [5.41, 5.74) is 11.0. The standard InChI is InChI=1S/C8H19N3O2/c1-3-4-7(10)11(2)8(13)6(9)5-12/h6-7,12H,3-5,9-10H2,1-2H3. The molecule has 0 aliphatic rings. The smallest absolute Gasteiger partial charge is 0.242 e. The maximum atomic E-state index is 11.4. The number of aliphatic hydroxyl groups excluding tert-OH is 1. The Hall–Kier alpha value is -0.650. The van der Waals surface area contributed by atoms with Gasteiger partial charge < -0.3 is 21.5 Å².